The van der Waals surface area contributed by atoms with Gasteiger partial charge in [0.2, 0.25) is 5.91 Å². The molecule has 0 aliphatic heterocycles. The smallest absolute Gasteiger partial charge is 0.238 e. The maximum Gasteiger partial charge on any atom is 0.238 e. The van der Waals surface area contributed by atoms with Crippen LogP contribution in [-0.2, 0) is 11.3 Å². The van der Waals surface area contributed by atoms with Crippen molar-refractivity contribution in [2.24, 2.45) is 0 Å². The van der Waals surface area contributed by atoms with E-state index in [1.165, 1.54) is 6.07 Å². The number of carbonyl (C=O) groups excluding carboxylic acids is 1. The van der Waals surface area contributed by atoms with E-state index in [4.69, 9.17) is 11.6 Å². The number of para-hydroxylation sites is 1. The van der Waals surface area contributed by atoms with E-state index >= 15 is 0 Å². The maximum atomic E-state index is 13.7. The molecule has 1 amide bonds. The van der Waals surface area contributed by atoms with Crippen molar-refractivity contribution in [3.8, 4) is 0 Å². The van der Waals surface area contributed by atoms with Gasteiger partial charge in [0.05, 0.1) is 12.2 Å². The molecule has 116 valence electrons. The predicted octanol–water partition coefficient (Wildman–Crippen LogP) is 4.31. The zero-order chi connectivity index (χ0) is 16.1. The van der Waals surface area contributed by atoms with Crippen molar-refractivity contribution in [1.29, 1.82) is 0 Å². The number of benzene rings is 2. The van der Waals surface area contributed by atoms with Crippen molar-refractivity contribution in [3.63, 3.8) is 0 Å². The highest BCUT2D eigenvalue weighted by atomic mass is 79.9. The molecule has 0 spiro atoms. The van der Waals surface area contributed by atoms with Gasteiger partial charge in [-0.25, -0.2) is 4.39 Å². The summed E-state index contributed by atoms with van der Waals surface area (Å²) in [5, 5.41) is 3.16. The van der Waals surface area contributed by atoms with Crippen LogP contribution >= 0.6 is 27.5 Å². The van der Waals surface area contributed by atoms with Crippen molar-refractivity contribution >= 4 is 39.1 Å². The second-order valence-electron chi connectivity index (χ2n) is 4.90. The second kappa shape index (κ2) is 7.72. The zero-order valence-electron chi connectivity index (χ0n) is 11.9. The van der Waals surface area contributed by atoms with Gasteiger partial charge in [-0.15, -0.1) is 0 Å². The number of hydrogen-bond donors (Lipinski definition) is 1. The Hall–Kier alpha value is -1.43. The Labute approximate surface area is 142 Å². The maximum absolute atomic E-state index is 13.7. The van der Waals surface area contributed by atoms with Crippen LogP contribution in [0.2, 0.25) is 5.02 Å². The fourth-order valence-electron chi connectivity index (χ4n) is 2.01. The summed E-state index contributed by atoms with van der Waals surface area (Å²) < 4.78 is 14.5. The molecule has 0 fully saturated rings. The van der Waals surface area contributed by atoms with E-state index < -0.39 is 0 Å². The zero-order valence-corrected chi connectivity index (χ0v) is 14.3. The lowest BCUT2D eigenvalue weighted by molar-refractivity contribution is -0.117. The van der Waals surface area contributed by atoms with E-state index in [1.807, 2.05) is 18.2 Å². The highest BCUT2D eigenvalue weighted by molar-refractivity contribution is 9.10. The molecule has 0 aliphatic carbocycles. The number of nitrogens with one attached hydrogen (secondary N) is 1. The molecule has 6 heteroatoms. The van der Waals surface area contributed by atoms with Crippen LogP contribution in [0.25, 0.3) is 0 Å². The van der Waals surface area contributed by atoms with Gasteiger partial charge in [-0.3, -0.25) is 9.69 Å². The molecule has 2 aromatic rings. The van der Waals surface area contributed by atoms with Crippen molar-refractivity contribution in [1.82, 2.24) is 4.90 Å². The van der Waals surface area contributed by atoms with Gasteiger partial charge < -0.3 is 5.32 Å². The molecule has 0 heterocycles. The molecular formula is C16H15BrClFN2O. The van der Waals surface area contributed by atoms with Crippen LogP contribution in [0.5, 0.6) is 0 Å². The largest absolute Gasteiger partial charge is 0.324 e. The van der Waals surface area contributed by atoms with E-state index in [0.717, 1.165) is 4.47 Å². The van der Waals surface area contributed by atoms with Crippen LogP contribution in [0.15, 0.2) is 46.9 Å². The van der Waals surface area contributed by atoms with E-state index in [2.05, 4.69) is 21.2 Å². The third-order valence-corrected chi connectivity index (χ3v) is 4.10. The Morgan fingerprint density at radius 3 is 2.68 bits per heavy atom. The summed E-state index contributed by atoms with van der Waals surface area (Å²) in [4.78, 5) is 13.7. The summed E-state index contributed by atoms with van der Waals surface area (Å²) in [5.74, 6) is -0.549. The van der Waals surface area contributed by atoms with Crippen LogP contribution in [0.4, 0.5) is 10.1 Å². The molecule has 1 N–H and O–H groups in total. The fourth-order valence-corrected chi connectivity index (χ4v) is 2.61. The number of rotatable bonds is 5. The van der Waals surface area contributed by atoms with Crippen LogP contribution in [0.1, 0.15) is 5.56 Å². The molecule has 0 atom stereocenters. The molecule has 2 aromatic carbocycles. The van der Waals surface area contributed by atoms with E-state index in [0.29, 0.717) is 16.3 Å². The van der Waals surface area contributed by atoms with Gasteiger partial charge in [-0.2, -0.15) is 0 Å². The van der Waals surface area contributed by atoms with Gasteiger partial charge in [-0.05, 0) is 47.2 Å². The van der Waals surface area contributed by atoms with Crippen molar-refractivity contribution < 1.29 is 9.18 Å². The molecule has 0 saturated heterocycles. The Morgan fingerprint density at radius 2 is 2.00 bits per heavy atom. The molecule has 3 nitrogen and oxygen atoms in total. The Morgan fingerprint density at radius 1 is 1.27 bits per heavy atom. The molecule has 0 aromatic heterocycles. The topological polar surface area (TPSA) is 32.3 Å². The van der Waals surface area contributed by atoms with Crippen molar-refractivity contribution in [3.05, 3.63) is 63.3 Å². The normalized spacial score (nSPS) is 10.8. The van der Waals surface area contributed by atoms with Crippen LogP contribution < -0.4 is 5.32 Å². The summed E-state index contributed by atoms with van der Waals surface area (Å²) in [6.07, 6.45) is 0. The summed E-state index contributed by atoms with van der Waals surface area (Å²) in [7, 11) is 1.74. The molecule has 0 radical (unpaired) electrons. The number of hydrogen-bond acceptors (Lipinski definition) is 2. The minimum Gasteiger partial charge on any atom is -0.324 e. The number of carbonyl (C=O) groups is 1. The predicted molar refractivity (Wildman–Crippen MR) is 90.5 cm³/mol. The number of nitrogens with zero attached hydrogens (tertiary/aromatic N) is 1. The summed E-state index contributed by atoms with van der Waals surface area (Å²) >= 11 is 9.36. The fraction of sp³-hybridized carbons (Fsp3) is 0.188. The lowest BCUT2D eigenvalue weighted by Crippen LogP contribution is -2.30. The quantitative estimate of drug-likeness (QED) is 0.832. The first-order chi connectivity index (χ1) is 10.5. The summed E-state index contributed by atoms with van der Waals surface area (Å²) in [6, 6.07) is 11.9. The lowest BCUT2D eigenvalue weighted by Gasteiger charge is -2.18. The number of halogens is 3. The summed E-state index contributed by atoms with van der Waals surface area (Å²) in [6.45, 7) is 0.390. The minimum absolute atomic E-state index is 0.131. The van der Waals surface area contributed by atoms with Gasteiger partial charge in [-0.1, -0.05) is 29.8 Å². The number of likely N-dealkylation sites (N-methyl/N-ethyl adjacent to an activating group) is 1. The van der Waals surface area contributed by atoms with Crippen molar-refractivity contribution in [2.45, 2.75) is 6.54 Å². The van der Waals surface area contributed by atoms with E-state index in [1.54, 1.807) is 30.1 Å². The third kappa shape index (κ3) is 4.53. The van der Waals surface area contributed by atoms with Crippen LogP contribution in [-0.4, -0.2) is 24.4 Å². The van der Waals surface area contributed by atoms with Crippen LogP contribution in [0, 0.1) is 5.82 Å². The first kappa shape index (κ1) is 16.9. The van der Waals surface area contributed by atoms with Crippen molar-refractivity contribution in [2.75, 3.05) is 18.9 Å². The molecule has 2 rings (SSSR count). The average molecular weight is 386 g/mol. The average Bonchev–Trinajstić information content (AvgIpc) is 2.45. The SMILES string of the molecule is CN(CC(=O)Nc1ccccc1Br)Cc1c(F)cccc1Cl. The standard InChI is InChI=1S/C16H15BrClFN2O/c1-21(9-11-13(18)6-4-7-14(11)19)10-16(22)20-15-8-3-2-5-12(15)17/h2-8H,9-10H2,1H3,(H,20,22). The number of amides is 1. The minimum atomic E-state index is -0.370. The van der Waals surface area contributed by atoms with Gasteiger partial charge in [0.25, 0.3) is 0 Å². The summed E-state index contributed by atoms with van der Waals surface area (Å²) in [5.41, 5.74) is 1.09. The molecule has 0 unspecified atom stereocenters. The highest BCUT2D eigenvalue weighted by Crippen LogP contribution is 2.22. The molecule has 0 saturated carbocycles. The second-order valence-corrected chi connectivity index (χ2v) is 6.16. The van der Waals surface area contributed by atoms with Crippen LogP contribution in [0.3, 0.4) is 0 Å². The van der Waals surface area contributed by atoms with Gasteiger partial charge in [0.1, 0.15) is 5.82 Å². The van der Waals surface area contributed by atoms with Gasteiger partial charge >= 0.3 is 0 Å². The van der Waals surface area contributed by atoms with Gasteiger partial charge in [0.15, 0.2) is 0 Å². The first-order valence-electron chi connectivity index (χ1n) is 6.63. The molecule has 22 heavy (non-hydrogen) atoms. The number of anilines is 1. The Bertz CT molecular complexity index is 661. The third-order valence-electron chi connectivity index (χ3n) is 3.05. The van der Waals surface area contributed by atoms with Gasteiger partial charge in [0, 0.05) is 21.6 Å². The monoisotopic (exact) mass is 384 g/mol. The lowest BCUT2D eigenvalue weighted by atomic mass is 10.2. The highest BCUT2D eigenvalue weighted by Gasteiger charge is 2.13. The molecule has 0 aliphatic rings. The van der Waals surface area contributed by atoms with E-state index in [-0.39, 0.29) is 24.8 Å². The Kier molecular flexibility index (Phi) is 5.94. The molecular weight excluding hydrogens is 371 g/mol. The first-order valence-corrected chi connectivity index (χ1v) is 7.80. The van der Waals surface area contributed by atoms with E-state index in [9.17, 15) is 9.18 Å². The molecule has 0 bridgehead atoms. The Balaban J connectivity index is 1.96.